The molecule has 1 unspecified atom stereocenters. The lowest BCUT2D eigenvalue weighted by Crippen LogP contribution is -2.41. The van der Waals surface area contributed by atoms with Crippen molar-refractivity contribution in [2.24, 2.45) is 5.92 Å². The maximum atomic E-state index is 12.2. The third kappa shape index (κ3) is 4.05. The van der Waals surface area contributed by atoms with Gasteiger partial charge >= 0.3 is 0 Å². The van der Waals surface area contributed by atoms with E-state index < -0.39 is 0 Å². The normalized spacial score (nSPS) is 21.5. The summed E-state index contributed by atoms with van der Waals surface area (Å²) in [6, 6.07) is 5.45. The fraction of sp³-hybridized carbons (Fsp3) is 0.467. The van der Waals surface area contributed by atoms with Gasteiger partial charge in [0.15, 0.2) is 0 Å². The Morgan fingerprint density at radius 3 is 2.91 bits per heavy atom. The van der Waals surface area contributed by atoms with Crippen LogP contribution in [-0.4, -0.2) is 37.3 Å². The standard InChI is InChI=1S/C15H18ClN5O2/c16-15-18-12(20-21-15)4-5-13(23)19-14(9-7-10(22)8-9)11-3-1-2-6-17-11/h1-3,6,9-10,14,22H,4-5,7-8H2,(H,19,23)(H,18,20,21). The number of rotatable bonds is 6. The van der Waals surface area contributed by atoms with Gasteiger partial charge in [-0.2, -0.15) is 0 Å². The maximum absolute atomic E-state index is 12.2. The minimum absolute atomic E-state index is 0.0884. The number of H-pyrrole nitrogens is 1. The number of nitrogens with one attached hydrogen (secondary N) is 2. The lowest BCUT2D eigenvalue weighted by Gasteiger charge is -2.37. The summed E-state index contributed by atoms with van der Waals surface area (Å²) in [5.41, 5.74) is 0.820. The van der Waals surface area contributed by atoms with Crippen molar-refractivity contribution in [3.8, 4) is 0 Å². The van der Waals surface area contributed by atoms with E-state index in [1.165, 1.54) is 0 Å². The second-order valence-corrected chi connectivity index (χ2v) is 6.07. The van der Waals surface area contributed by atoms with Gasteiger partial charge in [0.2, 0.25) is 11.2 Å². The van der Waals surface area contributed by atoms with E-state index in [1.807, 2.05) is 18.2 Å². The SMILES string of the molecule is O=C(CCc1nc(Cl)n[nH]1)NC(c1ccccn1)C1CC(O)C1. The molecule has 1 aliphatic carbocycles. The highest BCUT2D eigenvalue weighted by Crippen LogP contribution is 2.37. The zero-order chi connectivity index (χ0) is 16.2. The quantitative estimate of drug-likeness (QED) is 0.740. The van der Waals surface area contributed by atoms with E-state index in [0.717, 1.165) is 5.69 Å². The molecule has 122 valence electrons. The lowest BCUT2D eigenvalue weighted by atomic mass is 9.76. The van der Waals surface area contributed by atoms with Crippen molar-refractivity contribution >= 4 is 17.5 Å². The van der Waals surface area contributed by atoms with Crippen LogP contribution in [0.5, 0.6) is 0 Å². The van der Waals surface area contributed by atoms with E-state index in [4.69, 9.17) is 11.6 Å². The Balaban J connectivity index is 1.60. The van der Waals surface area contributed by atoms with Crippen LogP contribution in [-0.2, 0) is 11.2 Å². The average Bonchev–Trinajstić information content (AvgIpc) is 2.94. The van der Waals surface area contributed by atoms with Crippen molar-refractivity contribution in [3.05, 3.63) is 41.2 Å². The Morgan fingerprint density at radius 1 is 1.48 bits per heavy atom. The van der Waals surface area contributed by atoms with Crippen LogP contribution in [0.15, 0.2) is 24.4 Å². The topological polar surface area (TPSA) is 104 Å². The van der Waals surface area contributed by atoms with Gasteiger partial charge < -0.3 is 10.4 Å². The van der Waals surface area contributed by atoms with Gasteiger partial charge in [-0.3, -0.25) is 14.9 Å². The smallest absolute Gasteiger partial charge is 0.242 e. The van der Waals surface area contributed by atoms with Crippen molar-refractivity contribution in [2.45, 2.75) is 37.8 Å². The molecule has 0 spiro atoms. The van der Waals surface area contributed by atoms with E-state index >= 15 is 0 Å². The van der Waals surface area contributed by atoms with Crippen LogP contribution in [0.1, 0.15) is 36.8 Å². The fourth-order valence-electron chi connectivity index (χ4n) is 2.76. The number of aryl methyl sites for hydroxylation is 1. The maximum Gasteiger partial charge on any atom is 0.242 e. The summed E-state index contributed by atoms with van der Waals surface area (Å²) in [5, 5.41) is 19.1. The molecule has 8 heteroatoms. The van der Waals surface area contributed by atoms with E-state index in [-0.39, 0.29) is 35.7 Å². The van der Waals surface area contributed by atoms with E-state index in [9.17, 15) is 9.90 Å². The molecule has 1 saturated carbocycles. The molecular weight excluding hydrogens is 318 g/mol. The number of hydrogen-bond acceptors (Lipinski definition) is 5. The fourth-order valence-corrected chi connectivity index (χ4v) is 2.90. The molecular formula is C15H18ClN5O2. The molecule has 7 nitrogen and oxygen atoms in total. The third-order valence-corrected chi connectivity index (χ3v) is 4.21. The second kappa shape index (κ2) is 7.06. The molecule has 0 radical (unpaired) electrons. The third-order valence-electron chi connectivity index (χ3n) is 4.04. The predicted molar refractivity (Wildman–Crippen MR) is 83.6 cm³/mol. The number of carbonyl (C=O) groups is 1. The van der Waals surface area contributed by atoms with Crippen LogP contribution < -0.4 is 5.32 Å². The van der Waals surface area contributed by atoms with Gasteiger partial charge in [-0.25, -0.2) is 4.98 Å². The number of nitrogens with zero attached hydrogens (tertiary/aromatic N) is 3. The molecule has 0 aliphatic heterocycles. The number of aliphatic hydroxyl groups is 1. The summed E-state index contributed by atoms with van der Waals surface area (Å²) in [6.45, 7) is 0. The first kappa shape index (κ1) is 15.9. The van der Waals surface area contributed by atoms with Crippen molar-refractivity contribution in [1.29, 1.82) is 0 Å². The molecule has 3 N–H and O–H groups in total. The first-order valence-corrected chi connectivity index (χ1v) is 7.94. The number of halogens is 1. The number of aliphatic hydroxyl groups excluding tert-OH is 1. The monoisotopic (exact) mass is 335 g/mol. The summed E-state index contributed by atoms with van der Waals surface area (Å²) >= 11 is 5.64. The van der Waals surface area contributed by atoms with Crippen molar-refractivity contribution in [1.82, 2.24) is 25.5 Å². The van der Waals surface area contributed by atoms with Gasteiger partial charge in [0, 0.05) is 19.0 Å². The largest absolute Gasteiger partial charge is 0.393 e. The van der Waals surface area contributed by atoms with Gasteiger partial charge in [0.25, 0.3) is 0 Å². The Labute approximate surface area is 138 Å². The van der Waals surface area contributed by atoms with Crippen LogP contribution in [0.2, 0.25) is 5.28 Å². The molecule has 0 bridgehead atoms. The van der Waals surface area contributed by atoms with Gasteiger partial charge in [-0.15, -0.1) is 5.10 Å². The zero-order valence-electron chi connectivity index (χ0n) is 12.4. The van der Waals surface area contributed by atoms with E-state index in [2.05, 4.69) is 25.5 Å². The Hall–Kier alpha value is -1.99. The summed E-state index contributed by atoms with van der Waals surface area (Å²) in [7, 11) is 0. The van der Waals surface area contributed by atoms with Crippen molar-refractivity contribution in [3.63, 3.8) is 0 Å². The molecule has 0 saturated heterocycles. The molecule has 1 aliphatic rings. The van der Waals surface area contributed by atoms with Gasteiger partial charge in [0.1, 0.15) is 5.82 Å². The van der Waals surface area contributed by atoms with Gasteiger partial charge in [0.05, 0.1) is 17.8 Å². The second-order valence-electron chi connectivity index (χ2n) is 5.74. The summed E-state index contributed by atoms with van der Waals surface area (Å²) < 4.78 is 0. The lowest BCUT2D eigenvalue weighted by molar-refractivity contribution is -0.123. The molecule has 2 aromatic heterocycles. The Kier molecular flexibility index (Phi) is 4.88. The average molecular weight is 336 g/mol. The molecule has 2 aromatic rings. The van der Waals surface area contributed by atoms with Crippen LogP contribution in [0, 0.1) is 5.92 Å². The molecule has 2 heterocycles. The number of carbonyl (C=O) groups excluding carboxylic acids is 1. The highest BCUT2D eigenvalue weighted by Gasteiger charge is 2.36. The molecule has 1 fully saturated rings. The molecule has 3 rings (SSSR count). The molecule has 0 aromatic carbocycles. The first-order valence-electron chi connectivity index (χ1n) is 7.57. The minimum atomic E-state index is -0.278. The van der Waals surface area contributed by atoms with Gasteiger partial charge in [-0.1, -0.05) is 6.07 Å². The summed E-state index contributed by atoms with van der Waals surface area (Å²) in [5.74, 6) is 0.705. The number of hydrogen-bond donors (Lipinski definition) is 3. The van der Waals surface area contributed by atoms with Crippen molar-refractivity contribution in [2.75, 3.05) is 0 Å². The van der Waals surface area contributed by atoms with Crippen LogP contribution in [0.3, 0.4) is 0 Å². The zero-order valence-corrected chi connectivity index (χ0v) is 13.2. The minimum Gasteiger partial charge on any atom is -0.393 e. The highest BCUT2D eigenvalue weighted by molar-refractivity contribution is 6.28. The number of amides is 1. The predicted octanol–water partition coefficient (Wildman–Crippen LogP) is 1.41. The highest BCUT2D eigenvalue weighted by atomic mass is 35.5. The van der Waals surface area contributed by atoms with Crippen LogP contribution in [0.25, 0.3) is 0 Å². The van der Waals surface area contributed by atoms with Crippen LogP contribution in [0.4, 0.5) is 0 Å². The van der Waals surface area contributed by atoms with Crippen molar-refractivity contribution < 1.29 is 9.90 Å². The van der Waals surface area contributed by atoms with Crippen LogP contribution >= 0.6 is 11.6 Å². The summed E-state index contributed by atoms with van der Waals surface area (Å²) in [4.78, 5) is 20.5. The number of pyridine rings is 1. The number of aromatic amines is 1. The summed E-state index contributed by atoms with van der Waals surface area (Å²) in [6.07, 6.45) is 3.51. The Bertz CT molecular complexity index is 657. The number of aromatic nitrogens is 4. The Morgan fingerprint density at radius 2 is 2.30 bits per heavy atom. The molecule has 1 amide bonds. The first-order chi connectivity index (χ1) is 11.1. The van der Waals surface area contributed by atoms with Gasteiger partial charge in [-0.05, 0) is 42.5 Å². The van der Waals surface area contributed by atoms with E-state index in [1.54, 1.807) is 6.20 Å². The molecule has 1 atom stereocenters. The van der Waals surface area contributed by atoms with E-state index in [0.29, 0.717) is 25.1 Å². The molecule has 23 heavy (non-hydrogen) atoms.